The van der Waals surface area contributed by atoms with Crippen molar-refractivity contribution in [3.8, 4) is 0 Å². The van der Waals surface area contributed by atoms with E-state index < -0.39 is 14.5 Å². The molecule has 2 aromatic rings. The van der Waals surface area contributed by atoms with Crippen molar-refractivity contribution in [2.24, 2.45) is 0 Å². The lowest BCUT2D eigenvalue weighted by molar-refractivity contribution is 0.0736. The van der Waals surface area contributed by atoms with Gasteiger partial charge in [-0.15, -0.1) is 0 Å². The van der Waals surface area contributed by atoms with Crippen molar-refractivity contribution in [2.75, 3.05) is 44.1 Å². The Morgan fingerprint density at radius 1 is 1.17 bits per heavy atom. The first-order valence-corrected chi connectivity index (χ1v) is 13.0. The van der Waals surface area contributed by atoms with E-state index in [-0.39, 0.29) is 6.04 Å². The number of nitrogens with one attached hydrogen (secondary N) is 1. The van der Waals surface area contributed by atoms with Gasteiger partial charge in [0, 0.05) is 30.7 Å². The van der Waals surface area contributed by atoms with Crippen molar-refractivity contribution in [1.82, 2.24) is 9.97 Å². The molecule has 2 aliphatic heterocycles. The van der Waals surface area contributed by atoms with Gasteiger partial charge in [0.25, 0.3) is 0 Å². The summed E-state index contributed by atoms with van der Waals surface area (Å²) in [7, 11) is -3.19. The Balaban J connectivity index is 1.87. The van der Waals surface area contributed by atoms with Crippen molar-refractivity contribution in [1.29, 1.82) is 4.78 Å². The fourth-order valence-corrected chi connectivity index (χ4v) is 6.69. The second kappa shape index (κ2) is 8.82. The predicted octanol–water partition coefficient (Wildman–Crippen LogP) is 3.54. The summed E-state index contributed by atoms with van der Waals surface area (Å²) in [4.78, 5) is 12.3. The summed E-state index contributed by atoms with van der Waals surface area (Å²) in [5.41, 5.74) is 0.683. The van der Waals surface area contributed by atoms with E-state index >= 15 is 0 Å². The van der Waals surface area contributed by atoms with Gasteiger partial charge in [-0.1, -0.05) is 30.0 Å². The minimum atomic E-state index is -3.19. The lowest BCUT2D eigenvalue weighted by atomic mass is 9.94. The molecule has 2 unspecified atom stereocenters. The van der Waals surface area contributed by atoms with E-state index in [0.717, 1.165) is 12.4 Å². The second-order valence-electron chi connectivity index (χ2n) is 7.69. The van der Waals surface area contributed by atoms with E-state index in [1.54, 1.807) is 12.1 Å². The van der Waals surface area contributed by atoms with Crippen molar-refractivity contribution >= 4 is 27.3 Å². The second-order valence-corrected chi connectivity index (χ2v) is 10.8. The summed E-state index contributed by atoms with van der Waals surface area (Å²) in [5.74, 6) is 0.814. The highest BCUT2D eigenvalue weighted by Crippen LogP contribution is 2.44. The number of anilines is 1. The van der Waals surface area contributed by atoms with Crippen LogP contribution in [0.3, 0.4) is 0 Å². The summed E-state index contributed by atoms with van der Waals surface area (Å²) < 4.78 is 33.5. The van der Waals surface area contributed by atoms with E-state index in [1.807, 2.05) is 30.5 Å². The van der Waals surface area contributed by atoms with Gasteiger partial charge in [-0.25, -0.2) is 19.0 Å². The molecule has 30 heavy (non-hydrogen) atoms. The Hall–Kier alpha value is -1.68. The van der Waals surface area contributed by atoms with E-state index in [0.29, 0.717) is 55.0 Å². The third kappa shape index (κ3) is 3.84. The quantitative estimate of drug-likeness (QED) is 0.553. The first kappa shape index (κ1) is 21.5. The Labute approximate surface area is 182 Å². The zero-order chi connectivity index (χ0) is 21.2. The molecule has 2 atom stereocenters. The van der Waals surface area contributed by atoms with Crippen LogP contribution in [-0.2, 0) is 23.9 Å². The number of ether oxygens (including phenoxy) is 2. The summed E-state index contributed by atoms with van der Waals surface area (Å²) >= 11 is 1.47. The minimum Gasteiger partial charge on any atom is -0.381 e. The van der Waals surface area contributed by atoms with E-state index in [9.17, 15) is 4.21 Å². The lowest BCUT2D eigenvalue weighted by Crippen LogP contribution is -2.45. The van der Waals surface area contributed by atoms with Crippen molar-refractivity contribution in [3.63, 3.8) is 0 Å². The van der Waals surface area contributed by atoms with E-state index in [2.05, 4.69) is 11.8 Å². The van der Waals surface area contributed by atoms with Crippen LogP contribution in [0.1, 0.15) is 25.5 Å². The molecule has 1 aromatic heterocycles. The van der Waals surface area contributed by atoms with Crippen LogP contribution in [0.25, 0.3) is 0 Å². The van der Waals surface area contributed by atoms with E-state index in [4.69, 9.17) is 24.2 Å². The lowest BCUT2D eigenvalue weighted by Gasteiger charge is -2.39. The fraction of sp³-hybridized carbons (Fsp3) is 0.524. The molecule has 0 aliphatic carbocycles. The number of nitrogens with zero attached hydrogens (tertiary/aromatic N) is 3. The zero-order valence-electron chi connectivity index (χ0n) is 17.4. The normalized spacial score (nSPS) is 23.7. The molecule has 0 saturated carbocycles. The van der Waals surface area contributed by atoms with Crippen molar-refractivity contribution in [2.45, 2.75) is 40.6 Å². The average molecular weight is 449 g/mol. The van der Waals surface area contributed by atoms with Gasteiger partial charge in [0.05, 0.1) is 34.7 Å². The van der Waals surface area contributed by atoms with Gasteiger partial charge in [0.1, 0.15) is 10.6 Å². The molecule has 2 aliphatic rings. The molecule has 9 heteroatoms. The summed E-state index contributed by atoms with van der Waals surface area (Å²) in [6, 6.07) is 11.3. The van der Waals surface area contributed by atoms with Crippen LogP contribution in [0, 0.1) is 4.78 Å². The molecule has 2 fully saturated rings. The molecule has 0 amide bonds. The molecule has 0 radical (unpaired) electrons. The highest BCUT2D eigenvalue weighted by molar-refractivity contribution is 7.98. The highest BCUT2D eigenvalue weighted by Gasteiger charge is 2.46. The maximum atomic E-state index is 14.1. The summed E-state index contributed by atoms with van der Waals surface area (Å²) in [6.07, 6.45) is 2.93. The maximum absolute atomic E-state index is 14.1. The van der Waals surface area contributed by atoms with Crippen molar-refractivity contribution < 1.29 is 13.7 Å². The molecule has 0 spiro atoms. The largest absolute Gasteiger partial charge is 0.381 e. The third-order valence-electron chi connectivity index (χ3n) is 5.93. The van der Waals surface area contributed by atoms with Gasteiger partial charge < -0.3 is 14.4 Å². The minimum absolute atomic E-state index is 0.191. The topological polar surface area (TPSA) is 88.4 Å². The molecule has 0 bridgehead atoms. The molecular weight excluding hydrogens is 420 g/mol. The average Bonchev–Trinajstić information content (AvgIpc) is 2.80. The van der Waals surface area contributed by atoms with Crippen LogP contribution in [0.4, 0.5) is 5.82 Å². The van der Waals surface area contributed by atoms with E-state index in [1.165, 1.54) is 11.8 Å². The molecule has 162 valence electrons. The van der Waals surface area contributed by atoms with Gasteiger partial charge in [0.15, 0.2) is 5.16 Å². The number of hydrogen-bond donors (Lipinski definition) is 1. The van der Waals surface area contributed by atoms with Crippen LogP contribution < -0.4 is 4.90 Å². The molecule has 1 aromatic carbocycles. The number of aromatic nitrogens is 2. The monoisotopic (exact) mass is 448 g/mol. The van der Waals surface area contributed by atoms with Gasteiger partial charge >= 0.3 is 0 Å². The summed E-state index contributed by atoms with van der Waals surface area (Å²) in [6.45, 7) is 5.08. The zero-order valence-corrected chi connectivity index (χ0v) is 19.0. The molecule has 2 saturated heterocycles. The van der Waals surface area contributed by atoms with Gasteiger partial charge in [-0.05, 0) is 38.2 Å². The van der Waals surface area contributed by atoms with Crippen LogP contribution in [0.15, 0.2) is 46.5 Å². The van der Waals surface area contributed by atoms with Crippen LogP contribution in [0.2, 0.25) is 0 Å². The van der Waals surface area contributed by atoms with Crippen molar-refractivity contribution in [3.05, 3.63) is 42.1 Å². The Morgan fingerprint density at radius 3 is 2.57 bits per heavy atom. The van der Waals surface area contributed by atoms with Gasteiger partial charge in [0.2, 0.25) is 0 Å². The number of thioether (sulfide) groups is 1. The third-order valence-corrected chi connectivity index (χ3v) is 9.13. The van der Waals surface area contributed by atoms with Crippen LogP contribution in [-0.4, -0.2) is 59.4 Å². The van der Waals surface area contributed by atoms with Gasteiger partial charge in [-0.2, -0.15) is 0 Å². The number of morpholine rings is 1. The van der Waals surface area contributed by atoms with Crippen LogP contribution in [0.5, 0.6) is 0 Å². The Morgan fingerprint density at radius 2 is 1.90 bits per heavy atom. The number of hydrogen-bond acceptors (Lipinski definition) is 8. The first-order chi connectivity index (χ1) is 14.5. The molecular formula is C21H28N4O3S2. The first-order valence-electron chi connectivity index (χ1n) is 10.2. The molecule has 7 nitrogen and oxygen atoms in total. The van der Waals surface area contributed by atoms with Crippen LogP contribution >= 0.6 is 11.8 Å². The summed E-state index contributed by atoms with van der Waals surface area (Å²) in [5, 5.41) is 0.635. The molecule has 1 N–H and O–H groups in total. The standard InChI is InChI=1S/C21H28N4O3S2/c1-16-15-28-13-10-25(16)19-14-18(23-20(24-19)29-2)21(8-11-27-12-9-21)30(22,26)17-6-4-3-5-7-17/h3-7,14,16,22H,8-13,15H2,1-2H3. The predicted molar refractivity (Wildman–Crippen MR) is 119 cm³/mol. The number of rotatable bonds is 5. The molecule has 3 heterocycles. The maximum Gasteiger partial charge on any atom is 0.189 e. The fourth-order valence-electron chi connectivity index (χ4n) is 4.18. The molecule has 4 rings (SSSR count). The van der Waals surface area contributed by atoms with Gasteiger partial charge in [-0.3, -0.25) is 0 Å². The smallest absolute Gasteiger partial charge is 0.189 e. The Bertz CT molecular complexity index is 979. The number of benzene rings is 1. The SMILES string of the molecule is CSc1nc(N2CCOCC2C)cc(C2(S(=N)(=O)c3ccccc3)CCOCC2)n1. The highest BCUT2D eigenvalue weighted by atomic mass is 32.2. The Kier molecular flexibility index (Phi) is 6.34.